The Hall–Kier alpha value is -1.80. The lowest BCUT2D eigenvalue weighted by atomic mass is 10.2. The molecule has 17 heavy (non-hydrogen) atoms. The molecule has 0 amide bonds. The second-order valence-electron chi connectivity index (χ2n) is 4.13. The summed E-state index contributed by atoms with van der Waals surface area (Å²) < 4.78 is 13.7. The lowest BCUT2D eigenvalue weighted by Crippen LogP contribution is -2.46. The molecule has 1 aromatic carbocycles. The molecule has 1 aromatic rings. The molecule has 0 saturated carbocycles. The molecule has 0 bridgehead atoms. The third-order valence-electron chi connectivity index (χ3n) is 2.98. The van der Waals surface area contributed by atoms with Crippen LogP contribution < -0.4 is 10.6 Å². The van der Waals surface area contributed by atoms with Crippen LogP contribution in [0, 0.1) is 17.1 Å². The molecule has 1 heterocycles. The van der Waals surface area contributed by atoms with Crippen molar-refractivity contribution in [2.24, 2.45) is 0 Å². The van der Waals surface area contributed by atoms with Crippen molar-refractivity contribution in [1.82, 2.24) is 4.90 Å². The van der Waals surface area contributed by atoms with Crippen LogP contribution in [0.3, 0.4) is 0 Å². The van der Waals surface area contributed by atoms with Gasteiger partial charge in [0.25, 0.3) is 0 Å². The number of piperazine rings is 1. The molecule has 0 unspecified atom stereocenters. The van der Waals surface area contributed by atoms with E-state index in [0.29, 0.717) is 17.9 Å². The SMILES string of the molecule is N#CCN1CCN(c2ccc(N)cc2F)CC1. The highest BCUT2D eigenvalue weighted by molar-refractivity contribution is 5.54. The monoisotopic (exact) mass is 234 g/mol. The second-order valence-corrected chi connectivity index (χ2v) is 4.13. The van der Waals surface area contributed by atoms with Crippen LogP contribution in [0.2, 0.25) is 0 Å². The van der Waals surface area contributed by atoms with E-state index in [2.05, 4.69) is 11.0 Å². The average molecular weight is 234 g/mol. The van der Waals surface area contributed by atoms with Gasteiger partial charge in [-0.2, -0.15) is 5.26 Å². The number of nitrogens with zero attached hydrogens (tertiary/aromatic N) is 3. The molecule has 1 aliphatic heterocycles. The molecule has 1 saturated heterocycles. The van der Waals surface area contributed by atoms with E-state index in [1.807, 2.05) is 4.90 Å². The minimum atomic E-state index is -0.279. The van der Waals surface area contributed by atoms with E-state index < -0.39 is 0 Å². The van der Waals surface area contributed by atoms with Gasteiger partial charge in [0.2, 0.25) is 0 Å². The van der Waals surface area contributed by atoms with E-state index in [1.165, 1.54) is 6.07 Å². The Morgan fingerprint density at radius 3 is 2.59 bits per heavy atom. The van der Waals surface area contributed by atoms with Crippen LogP contribution in [-0.4, -0.2) is 37.6 Å². The molecule has 0 radical (unpaired) electrons. The first kappa shape index (κ1) is 11.7. The van der Waals surface area contributed by atoms with E-state index in [4.69, 9.17) is 11.0 Å². The van der Waals surface area contributed by atoms with Crippen LogP contribution >= 0.6 is 0 Å². The van der Waals surface area contributed by atoms with Crippen molar-refractivity contribution in [3.8, 4) is 6.07 Å². The van der Waals surface area contributed by atoms with Crippen molar-refractivity contribution in [3.63, 3.8) is 0 Å². The molecule has 5 heteroatoms. The molecular formula is C12H15FN4. The number of anilines is 2. The predicted molar refractivity (Wildman–Crippen MR) is 65.1 cm³/mol. The standard InChI is InChI=1S/C12H15FN4/c13-11-9-10(15)1-2-12(11)17-7-5-16(4-3-14)6-8-17/h1-2,9H,4-8,15H2. The molecule has 1 aliphatic rings. The largest absolute Gasteiger partial charge is 0.399 e. The molecular weight excluding hydrogens is 219 g/mol. The molecule has 2 N–H and O–H groups in total. The Labute approximate surface area is 100 Å². The lowest BCUT2D eigenvalue weighted by molar-refractivity contribution is 0.286. The van der Waals surface area contributed by atoms with Crippen molar-refractivity contribution >= 4 is 11.4 Å². The molecule has 0 spiro atoms. The predicted octanol–water partition coefficient (Wildman–Crippen LogP) is 1.05. The van der Waals surface area contributed by atoms with Crippen LogP contribution in [0.25, 0.3) is 0 Å². The Bertz CT molecular complexity index is 433. The van der Waals surface area contributed by atoms with Gasteiger partial charge in [0, 0.05) is 31.9 Å². The van der Waals surface area contributed by atoms with Crippen molar-refractivity contribution in [1.29, 1.82) is 5.26 Å². The zero-order valence-electron chi connectivity index (χ0n) is 9.56. The van der Waals surface area contributed by atoms with E-state index in [0.717, 1.165) is 26.2 Å². The first-order chi connectivity index (χ1) is 8.20. The summed E-state index contributed by atoms with van der Waals surface area (Å²) in [5.41, 5.74) is 6.55. The van der Waals surface area contributed by atoms with Gasteiger partial charge >= 0.3 is 0 Å². The van der Waals surface area contributed by atoms with Crippen LogP contribution in [-0.2, 0) is 0 Å². The maximum absolute atomic E-state index is 13.7. The molecule has 90 valence electrons. The van der Waals surface area contributed by atoms with E-state index >= 15 is 0 Å². The number of rotatable bonds is 2. The molecule has 4 nitrogen and oxygen atoms in total. The fourth-order valence-electron chi connectivity index (χ4n) is 2.03. The van der Waals surface area contributed by atoms with Crippen molar-refractivity contribution in [2.75, 3.05) is 43.4 Å². The summed E-state index contributed by atoms with van der Waals surface area (Å²) in [4.78, 5) is 4.05. The average Bonchev–Trinajstić information content (AvgIpc) is 2.31. The third kappa shape index (κ3) is 2.66. The number of hydrogen-bond donors (Lipinski definition) is 1. The van der Waals surface area contributed by atoms with E-state index in [1.54, 1.807) is 12.1 Å². The van der Waals surface area contributed by atoms with Gasteiger partial charge in [-0.1, -0.05) is 0 Å². The van der Waals surface area contributed by atoms with Crippen molar-refractivity contribution in [3.05, 3.63) is 24.0 Å². The molecule has 0 atom stereocenters. The minimum absolute atomic E-state index is 0.279. The summed E-state index contributed by atoms with van der Waals surface area (Å²) in [6, 6.07) is 6.89. The zero-order valence-corrected chi connectivity index (χ0v) is 9.56. The number of benzene rings is 1. The van der Waals surface area contributed by atoms with Gasteiger partial charge in [-0.25, -0.2) is 4.39 Å². The number of nitrogens with two attached hydrogens (primary N) is 1. The van der Waals surface area contributed by atoms with Gasteiger partial charge in [0.05, 0.1) is 18.3 Å². The Morgan fingerprint density at radius 1 is 1.29 bits per heavy atom. The fourth-order valence-corrected chi connectivity index (χ4v) is 2.03. The summed E-state index contributed by atoms with van der Waals surface area (Å²) in [5.74, 6) is -0.279. The number of halogens is 1. The van der Waals surface area contributed by atoms with E-state index in [-0.39, 0.29) is 5.82 Å². The zero-order chi connectivity index (χ0) is 12.3. The second kappa shape index (κ2) is 5.02. The van der Waals surface area contributed by atoms with Gasteiger partial charge in [-0.15, -0.1) is 0 Å². The fraction of sp³-hybridized carbons (Fsp3) is 0.417. The first-order valence-corrected chi connectivity index (χ1v) is 5.60. The third-order valence-corrected chi connectivity index (χ3v) is 2.98. The lowest BCUT2D eigenvalue weighted by Gasteiger charge is -2.35. The number of nitrogen functional groups attached to an aromatic ring is 1. The van der Waals surface area contributed by atoms with Crippen LogP contribution in [0.1, 0.15) is 0 Å². The minimum Gasteiger partial charge on any atom is -0.399 e. The highest BCUT2D eigenvalue weighted by atomic mass is 19.1. The Kier molecular flexibility index (Phi) is 3.45. The number of hydrogen-bond acceptors (Lipinski definition) is 4. The molecule has 0 aliphatic carbocycles. The summed E-state index contributed by atoms with van der Waals surface area (Å²) in [5, 5.41) is 8.60. The summed E-state index contributed by atoms with van der Waals surface area (Å²) >= 11 is 0. The highest BCUT2D eigenvalue weighted by Gasteiger charge is 2.18. The van der Waals surface area contributed by atoms with Crippen LogP contribution in [0.4, 0.5) is 15.8 Å². The van der Waals surface area contributed by atoms with Crippen LogP contribution in [0.5, 0.6) is 0 Å². The molecule has 2 rings (SSSR count). The Morgan fingerprint density at radius 2 is 2.00 bits per heavy atom. The van der Waals surface area contributed by atoms with Crippen molar-refractivity contribution in [2.45, 2.75) is 0 Å². The van der Waals surface area contributed by atoms with Gasteiger partial charge < -0.3 is 10.6 Å². The van der Waals surface area contributed by atoms with E-state index in [9.17, 15) is 4.39 Å². The topological polar surface area (TPSA) is 56.3 Å². The van der Waals surface area contributed by atoms with Gasteiger partial charge in [0.1, 0.15) is 5.82 Å². The van der Waals surface area contributed by atoms with Crippen molar-refractivity contribution < 1.29 is 4.39 Å². The Balaban J connectivity index is 2.03. The molecule has 0 aromatic heterocycles. The summed E-state index contributed by atoms with van der Waals surface area (Å²) in [6.07, 6.45) is 0. The highest BCUT2D eigenvalue weighted by Crippen LogP contribution is 2.22. The maximum atomic E-state index is 13.7. The summed E-state index contributed by atoms with van der Waals surface area (Å²) in [6.45, 7) is 3.50. The maximum Gasteiger partial charge on any atom is 0.148 e. The van der Waals surface area contributed by atoms with Gasteiger partial charge in [-0.3, -0.25) is 4.90 Å². The first-order valence-electron chi connectivity index (χ1n) is 5.60. The normalized spacial score (nSPS) is 16.8. The van der Waals surface area contributed by atoms with Gasteiger partial charge in [-0.05, 0) is 18.2 Å². The summed E-state index contributed by atoms with van der Waals surface area (Å²) in [7, 11) is 0. The smallest absolute Gasteiger partial charge is 0.148 e. The number of nitriles is 1. The molecule has 1 fully saturated rings. The quantitative estimate of drug-likeness (QED) is 0.614. The van der Waals surface area contributed by atoms with Gasteiger partial charge in [0.15, 0.2) is 0 Å². The van der Waals surface area contributed by atoms with Crippen LogP contribution in [0.15, 0.2) is 18.2 Å².